The molecule has 3 rings (SSSR count). The third-order valence-electron chi connectivity index (χ3n) is 2.85. The number of anilines is 1. The van der Waals surface area contributed by atoms with E-state index in [2.05, 4.69) is 10.3 Å². The second-order valence-corrected chi connectivity index (χ2v) is 4.80. The normalized spacial score (nSPS) is 10.8. The lowest BCUT2D eigenvalue weighted by Crippen LogP contribution is -1.99. The average Bonchev–Trinajstić information content (AvgIpc) is 2.74. The Balaban J connectivity index is 1.85. The first-order valence-corrected chi connectivity index (χ1v) is 6.51. The Hall–Kier alpha value is -1.71. The van der Waals surface area contributed by atoms with Crippen molar-refractivity contribution in [3.05, 3.63) is 58.5 Å². The Morgan fingerprint density at radius 3 is 2.74 bits per heavy atom. The summed E-state index contributed by atoms with van der Waals surface area (Å²) in [6, 6.07) is 11.4. The van der Waals surface area contributed by atoms with Gasteiger partial charge in [0.05, 0.1) is 11.9 Å². The number of rotatable bonds is 3. The number of furan rings is 1. The van der Waals surface area contributed by atoms with Crippen LogP contribution in [-0.2, 0) is 6.54 Å². The highest BCUT2D eigenvalue weighted by Crippen LogP contribution is 2.30. The Morgan fingerprint density at radius 2 is 1.95 bits per heavy atom. The Morgan fingerprint density at radius 1 is 1.11 bits per heavy atom. The van der Waals surface area contributed by atoms with Crippen LogP contribution in [0.15, 0.2) is 47.0 Å². The molecule has 0 spiro atoms. The smallest absolute Gasteiger partial charge is 0.199 e. The molecule has 0 aliphatic rings. The Labute approximate surface area is 120 Å². The summed E-state index contributed by atoms with van der Waals surface area (Å²) in [6.45, 7) is 0.569. The predicted molar refractivity (Wildman–Crippen MR) is 77.8 cm³/mol. The molecule has 2 aromatic heterocycles. The van der Waals surface area contributed by atoms with E-state index in [1.807, 2.05) is 30.3 Å². The summed E-state index contributed by atoms with van der Waals surface area (Å²) in [5.74, 6) is 0. The maximum atomic E-state index is 6.12. The molecule has 1 N–H and O–H groups in total. The molecule has 19 heavy (non-hydrogen) atoms. The average molecular weight is 293 g/mol. The van der Waals surface area contributed by atoms with Gasteiger partial charge < -0.3 is 9.73 Å². The van der Waals surface area contributed by atoms with Crippen molar-refractivity contribution in [2.45, 2.75) is 6.54 Å². The van der Waals surface area contributed by atoms with Crippen LogP contribution in [0.2, 0.25) is 10.4 Å². The molecule has 0 aliphatic heterocycles. The number of nitrogens with one attached hydrogen (secondary N) is 1. The minimum absolute atomic E-state index is 0.413. The van der Waals surface area contributed by atoms with Crippen LogP contribution in [0, 0.1) is 0 Å². The molecular formula is C14H10Cl2N2O. The van der Waals surface area contributed by atoms with Gasteiger partial charge in [-0.25, -0.2) is 4.98 Å². The van der Waals surface area contributed by atoms with Crippen molar-refractivity contribution in [1.29, 1.82) is 0 Å². The van der Waals surface area contributed by atoms with Gasteiger partial charge >= 0.3 is 0 Å². The third kappa shape index (κ3) is 2.53. The lowest BCUT2D eigenvalue weighted by molar-refractivity contribution is 0.613. The van der Waals surface area contributed by atoms with Gasteiger partial charge in [-0.1, -0.05) is 29.8 Å². The standard InChI is InChI=1S/C14H10Cl2N2O/c15-13-6-5-9(7-18-13)17-8-11-10-3-1-2-4-12(10)19-14(11)16/h1-7,17H,8H2. The van der Waals surface area contributed by atoms with E-state index in [0.29, 0.717) is 16.9 Å². The third-order valence-corrected chi connectivity index (χ3v) is 3.37. The maximum Gasteiger partial charge on any atom is 0.199 e. The SMILES string of the molecule is Clc1ccc(NCc2c(Cl)oc3ccccc23)cn1. The molecule has 0 saturated carbocycles. The van der Waals surface area contributed by atoms with Crippen LogP contribution in [-0.4, -0.2) is 4.98 Å². The zero-order valence-corrected chi connectivity index (χ0v) is 11.4. The van der Waals surface area contributed by atoms with Gasteiger partial charge in [-0.05, 0) is 29.8 Å². The van der Waals surface area contributed by atoms with Crippen LogP contribution in [0.25, 0.3) is 11.0 Å². The molecule has 96 valence electrons. The maximum absolute atomic E-state index is 6.12. The quantitative estimate of drug-likeness (QED) is 0.708. The summed E-state index contributed by atoms with van der Waals surface area (Å²) in [5, 5.41) is 5.14. The number of para-hydroxylation sites is 1. The summed E-state index contributed by atoms with van der Waals surface area (Å²) in [5.41, 5.74) is 2.61. The second kappa shape index (κ2) is 5.11. The van der Waals surface area contributed by atoms with Gasteiger partial charge in [0.2, 0.25) is 0 Å². The molecule has 0 atom stereocenters. The van der Waals surface area contributed by atoms with E-state index in [4.69, 9.17) is 27.6 Å². The summed E-state index contributed by atoms with van der Waals surface area (Å²) >= 11 is 11.9. The topological polar surface area (TPSA) is 38.1 Å². The van der Waals surface area contributed by atoms with Gasteiger partial charge in [-0.15, -0.1) is 0 Å². The van der Waals surface area contributed by atoms with Crippen LogP contribution >= 0.6 is 23.2 Å². The number of hydrogen-bond acceptors (Lipinski definition) is 3. The van der Waals surface area contributed by atoms with E-state index < -0.39 is 0 Å². The van der Waals surface area contributed by atoms with Crippen molar-refractivity contribution in [1.82, 2.24) is 4.98 Å². The number of pyridine rings is 1. The molecule has 0 saturated heterocycles. The minimum Gasteiger partial charge on any atom is -0.444 e. The molecule has 0 aliphatic carbocycles. The van der Waals surface area contributed by atoms with E-state index >= 15 is 0 Å². The number of hydrogen-bond donors (Lipinski definition) is 1. The highest BCUT2D eigenvalue weighted by atomic mass is 35.5. The molecule has 0 unspecified atom stereocenters. The number of fused-ring (bicyclic) bond motifs is 1. The lowest BCUT2D eigenvalue weighted by Gasteiger charge is -2.05. The van der Waals surface area contributed by atoms with Gasteiger partial charge in [-0.2, -0.15) is 0 Å². The summed E-state index contributed by atoms with van der Waals surface area (Å²) < 4.78 is 5.50. The molecule has 3 aromatic rings. The molecule has 1 aromatic carbocycles. The van der Waals surface area contributed by atoms with E-state index in [-0.39, 0.29) is 0 Å². The van der Waals surface area contributed by atoms with Gasteiger partial charge in [-0.3, -0.25) is 0 Å². The monoisotopic (exact) mass is 292 g/mol. The first-order chi connectivity index (χ1) is 9.24. The number of nitrogens with zero attached hydrogens (tertiary/aromatic N) is 1. The van der Waals surface area contributed by atoms with Crippen LogP contribution < -0.4 is 5.32 Å². The Bertz CT molecular complexity index is 707. The molecule has 2 heterocycles. The Kier molecular flexibility index (Phi) is 3.32. The lowest BCUT2D eigenvalue weighted by atomic mass is 10.2. The van der Waals surface area contributed by atoms with Crippen molar-refractivity contribution < 1.29 is 4.42 Å². The summed E-state index contributed by atoms with van der Waals surface area (Å²) in [7, 11) is 0. The van der Waals surface area contributed by atoms with Gasteiger partial charge in [0.1, 0.15) is 10.7 Å². The van der Waals surface area contributed by atoms with Crippen molar-refractivity contribution in [3.63, 3.8) is 0 Å². The molecule has 0 radical (unpaired) electrons. The number of aromatic nitrogens is 1. The number of halogens is 2. The fourth-order valence-electron chi connectivity index (χ4n) is 1.90. The first kappa shape index (κ1) is 12.3. The predicted octanol–water partition coefficient (Wildman–Crippen LogP) is 4.75. The summed E-state index contributed by atoms with van der Waals surface area (Å²) in [6.07, 6.45) is 1.68. The van der Waals surface area contributed by atoms with E-state index in [1.54, 1.807) is 12.3 Å². The fourth-order valence-corrected chi connectivity index (χ4v) is 2.27. The van der Waals surface area contributed by atoms with Crippen molar-refractivity contribution in [2.75, 3.05) is 5.32 Å². The second-order valence-electron chi connectivity index (χ2n) is 4.07. The highest BCUT2D eigenvalue weighted by Gasteiger charge is 2.11. The van der Waals surface area contributed by atoms with Crippen LogP contribution in [0.4, 0.5) is 5.69 Å². The molecule has 3 nitrogen and oxygen atoms in total. The van der Waals surface area contributed by atoms with E-state index in [9.17, 15) is 0 Å². The van der Waals surface area contributed by atoms with Crippen molar-refractivity contribution >= 4 is 39.9 Å². The van der Waals surface area contributed by atoms with Gasteiger partial charge in [0.15, 0.2) is 5.22 Å². The summed E-state index contributed by atoms with van der Waals surface area (Å²) in [4.78, 5) is 4.01. The van der Waals surface area contributed by atoms with Crippen molar-refractivity contribution in [3.8, 4) is 0 Å². The molecule has 0 amide bonds. The zero-order valence-electron chi connectivity index (χ0n) is 9.86. The first-order valence-electron chi connectivity index (χ1n) is 5.75. The molecule has 0 fully saturated rings. The van der Waals surface area contributed by atoms with E-state index in [1.165, 1.54) is 0 Å². The minimum atomic E-state index is 0.413. The van der Waals surface area contributed by atoms with Crippen molar-refractivity contribution in [2.24, 2.45) is 0 Å². The molecule has 5 heteroatoms. The fraction of sp³-hybridized carbons (Fsp3) is 0.0714. The molecular weight excluding hydrogens is 283 g/mol. The van der Waals surface area contributed by atoms with Crippen LogP contribution in [0.5, 0.6) is 0 Å². The largest absolute Gasteiger partial charge is 0.444 e. The van der Waals surface area contributed by atoms with Gasteiger partial charge in [0, 0.05) is 17.5 Å². The highest BCUT2D eigenvalue weighted by molar-refractivity contribution is 6.31. The zero-order chi connectivity index (χ0) is 13.2. The van der Waals surface area contributed by atoms with E-state index in [0.717, 1.165) is 22.2 Å². The van der Waals surface area contributed by atoms with Gasteiger partial charge in [0.25, 0.3) is 0 Å². The molecule has 0 bridgehead atoms. The van der Waals surface area contributed by atoms with Crippen LogP contribution in [0.1, 0.15) is 5.56 Å². The van der Waals surface area contributed by atoms with Crippen LogP contribution in [0.3, 0.4) is 0 Å². The number of benzene rings is 1.